The van der Waals surface area contributed by atoms with E-state index in [9.17, 15) is 19.2 Å². The summed E-state index contributed by atoms with van der Waals surface area (Å²) < 4.78 is 5.35. The van der Waals surface area contributed by atoms with Gasteiger partial charge in [-0.2, -0.15) is 11.8 Å². The lowest BCUT2D eigenvalue weighted by Gasteiger charge is -2.35. The van der Waals surface area contributed by atoms with Crippen molar-refractivity contribution in [2.24, 2.45) is 11.8 Å². The van der Waals surface area contributed by atoms with Crippen molar-refractivity contribution >= 4 is 35.6 Å². The van der Waals surface area contributed by atoms with Crippen LogP contribution in [0.25, 0.3) is 0 Å². The first-order chi connectivity index (χ1) is 18.3. The second-order valence-electron chi connectivity index (χ2n) is 11.5. The summed E-state index contributed by atoms with van der Waals surface area (Å²) in [6, 6.07) is 8.17. The number of nitrogens with one attached hydrogen (secondary N) is 3. The third-order valence-electron chi connectivity index (χ3n) is 6.68. The van der Waals surface area contributed by atoms with Gasteiger partial charge >= 0.3 is 6.09 Å². The largest absolute Gasteiger partial charge is 0.444 e. The monoisotopic (exact) mass is 562 g/mol. The first-order valence-electron chi connectivity index (χ1n) is 13.7. The Morgan fingerprint density at radius 2 is 1.62 bits per heavy atom. The number of ether oxygens (including phenoxy) is 1. The lowest BCUT2D eigenvalue weighted by atomic mass is 9.93. The van der Waals surface area contributed by atoms with Crippen LogP contribution in [0.3, 0.4) is 0 Å². The standard InChI is InChI=1S/C29H46N4O5S/c1-19(2)24(26(35)30-20(3)21-11-9-8-10-12-21)32-25(34)22-13-16-33(17-14-22)27(36)23(15-18-39-7)31-28(37)38-29(4,5)6/h8-12,19-20,22-24H,13-18H2,1-7H3,(H,30,35)(H,31,37)(H,32,34)/t20-,23-,24+/m0/s1. The summed E-state index contributed by atoms with van der Waals surface area (Å²) >= 11 is 1.60. The van der Waals surface area contributed by atoms with Crippen molar-refractivity contribution in [2.75, 3.05) is 25.1 Å². The maximum absolute atomic E-state index is 13.3. The third kappa shape index (κ3) is 10.7. The number of piperidine rings is 1. The Morgan fingerprint density at radius 3 is 2.15 bits per heavy atom. The fourth-order valence-corrected chi connectivity index (χ4v) is 4.93. The Kier molecular flexibility index (Phi) is 12.6. The molecular weight excluding hydrogens is 516 g/mol. The molecule has 0 saturated carbocycles. The molecule has 218 valence electrons. The van der Waals surface area contributed by atoms with Gasteiger partial charge in [-0.25, -0.2) is 4.79 Å². The molecule has 9 nitrogen and oxygen atoms in total. The molecule has 10 heteroatoms. The van der Waals surface area contributed by atoms with Crippen LogP contribution in [0.2, 0.25) is 0 Å². The maximum Gasteiger partial charge on any atom is 0.408 e. The number of nitrogens with zero attached hydrogens (tertiary/aromatic N) is 1. The normalized spacial score (nSPS) is 16.7. The van der Waals surface area contributed by atoms with E-state index in [1.165, 1.54) is 0 Å². The Hall–Kier alpha value is -2.75. The van der Waals surface area contributed by atoms with Gasteiger partial charge in [-0.1, -0.05) is 44.2 Å². The minimum atomic E-state index is -0.682. The zero-order chi connectivity index (χ0) is 29.2. The minimum absolute atomic E-state index is 0.0882. The average molecular weight is 563 g/mol. The van der Waals surface area contributed by atoms with Crippen LogP contribution >= 0.6 is 11.8 Å². The molecule has 1 aromatic rings. The van der Waals surface area contributed by atoms with Gasteiger partial charge in [0.1, 0.15) is 17.7 Å². The summed E-state index contributed by atoms with van der Waals surface area (Å²) in [5.74, 6) is -0.218. The molecule has 0 aromatic heterocycles. The van der Waals surface area contributed by atoms with Gasteiger partial charge in [-0.3, -0.25) is 14.4 Å². The molecular formula is C29H46N4O5S. The fourth-order valence-electron chi connectivity index (χ4n) is 4.46. The molecule has 0 spiro atoms. The van der Waals surface area contributed by atoms with Crippen LogP contribution in [0.15, 0.2) is 30.3 Å². The SMILES string of the molecule is CSCC[C@H](NC(=O)OC(C)(C)C)C(=O)N1CCC(C(=O)N[C@@H](C(=O)N[C@@H](C)c2ccccc2)C(C)C)CC1. The lowest BCUT2D eigenvalue weighted by Crippen LogP contribution is -2.54. The molecule has 1 aromatic carbocycles. The number of carbonyl (C=O) groups is 4. The topological polar surface area (TPSA) is 117 Å². The van der Waals surface area contributed by atoms with E-state index < -0.39 is 23.8 Å². The molecule has 1 heterocycles. The van der Waals surface area contributed by atoms with Crippen LogP contribution in [0, 0.1) is 11.8 Å². The lowest BCUT2D eigenvalue weighted by molar-refractivity contribution is -0.138. The zero-order valence-electron chi connectivity index (χ0n) is 24.4. The highest BCUT2D eigenvalue weighted by atomic mass is 32.2. The second-order valence-corrected chi connectivity index (χ2v) is 12.4. The van der Waals surface area contributed by atoms with Crippen molar-refractivity contribution in [3.63, 3.8) is 0 Å². The molecule has 2 rings (SSSR count). The summed E-state index contributed by atoms with van der Waals surface area (Å²) in [6.45, 7) is 11.9. The predicted octanol–water partition coefficient (Wildman–Crippen LogP) is 3.89. The Bertz CT molecular complexity index is 958. The van der Waals surface area contributed by atoms with Crippen LogP contribution in [0.1, 0.15) is 72.4 Å². The number of hydrogen-bond acceptors (Lipinski definition) is 6. The quantitative estimate of drug-likeness (QED) is 0.377. The first-order valence-corrected chi connectivity index (χ1v) is 15.1. The molecule has 4 amide bonds. The van der Waals surface area contributed by atoms with E-state index in [2.05, 4.69) is 16.0 Å². The highest BCUT2D eigenvalue weighted by molar-refractivity contribution is 7.98. The molecule has 3 N–H and O–H groups in total. The van der Waals surface area contributed by atoms with Gasteiger partial charge in [0.25, 0.3) is 0 Å². The Morgan fingerprint density at radius 1 is 1.00 bits per heavy atom. The number of thioether (sulfide) groups is 1. The Balaban J connectivity index is 1.94. The second kappa shape index (κ2) is 15.1. The van der Waals surface area contributed by atoms with E-state index in [-0.39, 0.29) is 35.6 Å². The first kappa shape index (κ1) is 32.5. The van der Waals surface area contributed by atoms with E-state index in [1.54, 1.807) is 37.4 Å². The van der Waals surface area contributed by atoms with Crippen molar-refractivity contribution in [1.82, 2.24) is 20.9 Å². The van der Waals surface area contributed by atoms with Gasteiger partial charge in [0, 0.05) is 19.0 Å². The van der Waals surface area contributed by atoms with E-state index in [0.29, 0.717) is 38.1 Å². The van der Waals surface area contributed by atoms with E-state index >= 15 is 0 Å². The summed E-state index contributed by atoms with van der Waals surface area (Å²) in [6.07, 6.45) is 2.81. The number of carbonyl (C=O) groups excluding carboxylic acids is 4. The number of likely N-dealkylation sites (tertiary alicyclic amines) is 1. The smallest absolute Gasteiger partial charge is 0.408 e. The van der Waals surface area contributed by atoms with Crippen LogP contribution in [0.4, 0.5) is 4.79 Å². The zero-order valence-corrected chi connectivity index (χ0v) is 25.2. The summed E-state index contributed by atoms with van der Waals surface area (Å²) in [5, 5.41) is 8.70. The molecule has 1 aliphatic rings. The van der Waals surface area contributed by atoms with Crippen molar-refractivity contribution < 1.29 is 23.9 Å². The van der Waals surface area contributed by atoms with Crippen molar-refractivity contribution in [3.05, 3.63) is 35.9 Å². The number of hydrogen-bond donors (Lipinski definition) is 3. The summed E-state index contributed by atoms with van der Waals surface area (Å²) in [4.78, 5) is 53.5. The van der Waals surface area contributed by atoms with E-state index in [0.717, 1.165) is 5.56 Å². The van der Waals surface area contributed by atoms with E-state index in [4.69, 9.17) is 4.74 Å². The van der Waals surface area contributed by atoms with Gasteiger partial charge in [0.05, 0.1) is 6.04 Å². The van der Waals surface area contributed by atoms with Gasteiger partial charge < -0.3 is 25.6 Å². The molecule has 39 heavy (non-hydrogen) atoms. The van der Waals surface area contributed by atoms with Crippen LogP contribution in [0.5, 0.6) is 0 Å². The minimum Gasteiger partial charge on any atom is -0.444 e. The molecule has 1 fully saturated rings. The fraction of sp³-hybridized carbons (Fsp3) is 0.655. The van der Waals surface area contributed by atoms with Gasteiger partial charge in [0.2, 0.25) is 17.7 Å². The number of rotatable bonds is 11. The predicted molar refractivity (Wildman–Crippen MR) is 155 cm³/mol. The van der Waals surface area contributed by atoms with Crippen LogP contribution in [-0.2, 0) is 19.1 Å². The van der Waals surface area contributed by atoms with Gasteiger partial charge in [0.15, 0.2) is 0 Å². The highest BCUT2D eigenvalue weighted by Gasteiger charge is 2.34. The van der Waals surface area contributed by atoms with Crippen molar-refractivity contribution in [2.45, 2.75) is 84.5 Å². The molecule has 3 atom stereocenters. The molecule has 1 aliphatic heterocycles. The third-order valence-corrected chi connectivity index (χ3v) is 7.33. The Labute approximate surface area is 237 Å². The van der Waals surface area contributed by atoms with Crippen LogP contribution in [-0.4, -0.2) is 71.5 Å². The number of amides is 4. The van der Waals surface area contributed by atoms with Crippen molar-refractivity contribution in [3.8, 4) is 0 Å². The summed E-state index contributed by atoms with van der Waals surface area (Å²) in [7, 11) is 0. The number of benzene rings is 1. The molecule has 0 radical (unpaired) electrons. The van der Waals surface area contributed by atoms with E-state index in [1.807, 2.05) is 57.4 Å². The van der Waals surface area contributed by atoms with Gasteiger partial charge in [-0.05, 0) is 70.4 Å². The molecule has 0 aliphatic carbocycles. The van der Waals surface area contributed by atoms with Crippen LogP contribution < -0.4 is 16.0 Å². The summed E-state index contributed by atoms with van der Waals surface area (Å²) in [5.41, 5.74) is 0.335. The average Bonchev–Trinajstić information content (AvgIpc) is 2.88. The maximum atomic E-state index is 13.3. The molecule has 1 saturated heterocycles. The molecule has 0 bridgehead atoms. The number of alkyl carbamates (subject to hydrolysis) is 1. The molecule has 0 unspecified atom stereocenters. The van der Waals surface area contributed by atoms with Gasteiger partial charge in [-0.15, -0.1) is 0 Å². The highest BCUT2D eigenvalue weighted by Crippen LogP contribution is 2.20. The van der Waals surface area contributed by atoms with Crippen molar-refractivity contribution in [1.29, 1.82) is 0 Å².